The van der Waals surface area contributed by atoms with Crippen LogP contribution in [0, 0.1) is 0 Å². The lowest BCUT2D eigenvalue weighted by atomic mass is 10.1. The predicted octanol–water partition coefficient (Wildman–Crippen LogP) is 1.30. The van der Waals surface area contributed by atoms with Crippen LogP contribution in [0.1, 0.15) is 12.1 Å². The van der Waals surface area contributed by atoms with Gasteiger partial charge in [0.2, 0.25) is 0 Å². The van der Waals surface area contributed by atoms with Crippen LogP contribution in [-0.2, 0) is 6.61 Å². The zero-order valence-electron chi connectivity index (χ0n) is 10.1. The third-order valence-corrected chi connectivity index (χ3v) is 3.40. The lowest BCUT2D eigenvalue weighted by Crippen LogP contribution is -2.22. The Morgan fingerprint density at radius 2 is 2.17 bits per heavy atom. The van der Waals surface area contributed by atoms with Crippen molar-refractivity contribution < 1.29 is 10.2 Å². The van der Waals surface area contributed by atoms with Gasteiger partial charge in [-0.15, -0.1) is 0 Å². The van der Waals surface area contributed by atoms with E-state index in [0.717, 1.165) is 29.6 Å². The summed E-state index contributed by atoms with van der Waals surface area (Å²) in [5, 5.41) is 21.1. The third-order valence-electron chi connectivity index (χ3n) is 3.40. The monoisotopic (exact) mass is 244 g/mol. The second-order valence-corrected chi connectivity index (χ2v) is 4.70. The topological polar surface area (TPSA) is 56.6 Å². The summed E-state index contributed by atoms with van der Waals surface area (Å²) in [6, 6.07) is 9.92. The van der Waals surface area contributed by atoms with Crippen molar-refractivity contribution in [1.29, 1.82) is 0 Å². The summed E-state index contributed by atoms with van der Waals surface area (Å²) in [5.41, 5.74) is 0.671. The highest BCUT2D eigenvalue weighted by atomic mass is 16.3. The van der Waals surface area contributed by atoms with Crippen LogP contribution in [0.3, 0.4) is 0 Å². The quantitative estimate of drug-likeness (QED) is 0.836. The molecule has 4 heteroatoms. The van der Waals surface area contributed by atoms with Gasteiger partial charge in [0.25, 0.3) is 0 Å². The number of anilines is 1. The first-order chi connectivity index (χ1) is 8.78. The molecular weight excluding hydrogens is 228 g/mol. The standard InChI is InChI=1S/C14H16N2O2/c17-9-11-7-10-3-1-2-4-13(10)14(15-11)16-6-5-12(18)8-16/h1-4,7,12,17-18H,5-6,8-9H2. The molecule has 1 saturated heterocycles. The Balaban J connectivity index is 2.13. The van der Waals surface area contributed by atoms with Crippen molar-refractivity contribution in [3.05, 3.63) is 36.0 Å². The van der Waals surface area contributed by atoms with Crippen molar-refractivity contribution in [2.24, 2.45) is 0 Å². The van der Waals surface area contributed by atoms with E-state index in [-0.39, 0.29) is 12.7 Å². The smallest absolute Gasteiger partial charge is 0.136 e. The van der Waals surface area contributed by atoms with E-state index in [2.05, 4.69) is 9.88 Å². The zero-order chi connectivity index (χ0) is 12.5. The molecule has 1 unspecified atom stereocenters. The molecule has 0 saturated carbocycles. The molecule has 2 heterocycles. The number of pyridine rings is 1. The SMILES string of the molecule is OCc1cc2ccccc2c(N2CCC(O)C2)n1. The van der Waals surface area contributed by atoms with E-state index in [1.807, 2.05) is 30.3 Å². The van der Waals surface area contributed by atoms with Crippen LogP contribution >= 0.6 is 0 Å². The average Bonchev–Trinajstić information content (AvgIpc) is 2.84. The molecular formula is C14H16N2O2. The summed E-state index contributed by atoms with van der Waals surface area (Å²) < 4.78 is 0. The molecule has 94 valence electrons. The molecule has 1 atom stereocenters. The molecule has 1 aliphatic heterocycles. The Bertz CT molecular complexity index is 571. The number of nitrogens with zero attached hydrogens (tertiary/aromatic N) is 2. The first-order valence-corrected chi connectivity index (χ1v) is 6.20. The zero-order valence-corrected chi connectivity index (χ0v) is 10.1. The number of aliphatic hydroxyl groups excluding tert-OH is 2. The average molecular weight is 244 g/mol. The van der Waals surface area contributed by atoms with E-state index in [0.29, 0.717) is 12.2 Å². The lowest BCUT2D eigenvalue weighted by molar-refractivity contribution is 0.198. The fourth-order valence-corrected chi connectivity index (χ4v) is 2.49. The maximum Gasteiger partial charge on any atom is 0.136 e. The Kier molecular flexibility index (Phi) is 2.89. The maximum absolute atomic E-state index is 9.64. The molecule has 0 aliphatic carbocycles. The Morgan fingerprint density at radius 3 is 2.89 bits per heavy atom. The van der Waals surface area contributed by atoms with Gasteiger partial charge >= 0.3 is 0 Å². The Morgan fingerprint density at radius 1 is 1.33 bits per heavy atom. The minimum Gasteiger partial charge on any atom is -0.391 e. The molecule has 2 N–H and O–H groups in total. The molecule has 1 aromatic heterocycles. The highest BCUT2D eigenvalue weighted by Crippen LogP contribution is 2.28. The van der Waals surface area contributed by atoms with E-state index in [4.69, 9.17) is 0 Å². The van der Waals surface area contributed by atoms with Gasteiger partial charge in [-0.3, -0.25) is 0 Å². The van der Waals surface area contributed by atoms with Gasteiger partial charge in [0.1, 0.15) is 5.82 Å². The molecule has 0 amide bonds. The number of benzene rings is 1. The maximum atomic E-state index is 9.64. The van der Waals surface area contributed by atoms with E-state index >= 15 is 0 Å². The van der Waals surface area contributed by atoms with E-state index < -0.39 is 0 Å². The summed E-state index contributed by atoms with van der Waals surface area (Å²) in [6.07, 6.45) is 0.502. The van der Waals surface area contributed by atoms with E-state index in [1.54, 1.807) is 0 Å². The molecule has 1 fully saturated rings. The fourth-order valence-electron chi connectivity index (χ4n) is 2.49. The number of aliphatic hydroxyl groups is 2. The van der Waals surface area contributed by atoms with Crippen LogP contribution in [0.4, 0.5) is 5.82 Å². The Hall–Kier alpha value is -1.65. The van der Waals surface area contributed by atoms with Crippen LogP contribution in [0.15, 0.2) is 30.3 Å². The van der Waals surface area contributed by atoms with Crippen LogP contribution in [-0.4, -0.2) is 34.4 Å². The molecule has 3 rings (SSSR count). The highest BCUT2D eigenvalue weighted by molar-refractivity contribution is 5.92. The molecule has 4 nitrogen and oxygen atoms in total. The summed E-state index contributed by atoms with van der Waals surface area (Å²) in [7, 11) is 0. The second kappa shape index (κ2) is 4.55. The third kappa shape index (κ3) is 1.94. The molecule has 0 bridgehead atoms. The van der Waals surface area contributed by atoms with Crippen molar-refractivity contribution in [1.82, 2.24) is 4.98 Å². The molecule has 1 aliphatic rings. The fraction of sp³-hybridized carbons (Fsp3) is 0.357. The van der Waals surface area contributed by atoms with Crippen LogP contribution in [0.25, 0.3) is 10.8 Å². The van der Waals surface area contributed by atoms with Crippen molar-refractivity contribution in [3.8, 4) is 0 Å². The number of fused-ring (bicyclic) bond motifs is 1. The van der Waals surface area contributed by atoms with Gasteiger partial charge in [-0.2, -0.15) is 0 Å². The first-order valence-electron chi connectivity index (χ1n) is 6.20. The summed E-state index contributed by atoms with van der Waals surface area (Å²) in [4.78, 5) is 6.59. The molecule has 18 heavy (non-hydrogen) atoms. The molecule has 0 spiro atoms. The number of rotatable bonds is 2. The summed E-state index contributed by atoms with van der Waals surface area (Å²) in [5.74, 6) is 0.869. The summed E-state index contributed by atoms with van der Waals surface area (Å²) >= 11 is 0. The molecule has 0 radical (unpaired) electrons. The number of β-amino-alcohol motifs (C(OH)–C–C–N with tert-alkyl or cyclic N) is 1. The van der Waals surface area contributed by atoms with Gasteiger partial charge in [-0.05, 0) is 17.9 Å². The van der Waals surface area contributed by atoms with Gasteiger partial charge in [-0.1, -0.05) is 24.3 Å². The van der Waals surface area contributed by atoms with Crippen LogP contribution < -0.4 is 4.90 Å². The van der Waals surface area contributed by atoms with E-state index in [9.17, 15) is 10.2 Å². The van der Waals surface area contributed by atoms with Crippen molar-refractivity contribution in [2.75, 3.05) is 18.0 Å². The van der Waals surface area contributed by atoms with Gasteiger partial charge in [-0.25, -0.2) is 4.98 Å². The predicted molar refractivity (Wildman–Crippen MR) is 70.5 cm³/mol. The minimum absolute atomic E-state index is 0.0613. The number of aromatic nitrogens is 1. The minimum atomic E-state index is -0.275. The Labute approximate surface area is 105 Å². The van der Waals surface area contributed by atoms with E-state index in [1.165, 1.54) is 0 Å². The van der Waals surface area contributed by atoms with Crippen LogP contribution in [0.5, 0.6) is 0 Å². The lowest BCUT2D eigenvalue weighted by Gasteiger charge is -2.19. The highest BCUT2D eigenvalue weighted by Gasteiger charge is 2.23. The first kappa shape index (κ1) is 11.4. The van der Waals surface area contributed by atoms with Crippen molar-refractivity contribution >= 4 is 16.6 Å². The van der Waals surface area contributed by atoms with Gasteiger partial charge in [0.05, 0.1) is 18.4 Å². The molecule has 2 aromatic rings. The molecule has 1 aromatic carbocycles. The number of hydrogen-bond donors (Lipinski definition) is 2. The summed E-state index contributed by atoms with van der Waals surface area (Å²) in [6.45, 7) is 1.37. The largest absolute Gasteiger partial charge is 0.391 e. The van der Waals surface area contributed by atoms with Crippen LogP contribution in [0.2, 0.25) is 0 Å². The van der Waals surface area contributed by atoms with Crippen molar-refractivity contribution in [2.45, 2.75) is 19.1 Å². The van der Waals surface area contributed by atoms with Crippen molar-refractivity contribution in [3.63, 3.8) is 0 Å². The normalized spacial score (nSPS) is 19.7. The van der Waals surface area contributed by atoms with Gasteiger partial charge in [0.15, 0.2) is 0 Å². The van der Waals surface area contributed by atoms with Gasteiger partial charge in [0, 0.05) is 18.5 Å². The second-order valence-electron chi connectivity index (χ2n) is 4.70. The van der Waals surface area contributed by atoms with Gasteiger partial charge < -0.3 is 15.1 Å². The number of hydrogen-bond acceptors (Lipinski definition) is 4.